The van der Waals surface area contributed by atoms with Gasteiger partial charge < -0.3 is 14.6 Å². The van der Waals surface area contributed by atoms with E-state index >= 15 is 0 Å². The summed E-state index contributed by atoms with van der Waals surface area (Å²) in [6.07, 6.45) is 1.56. The van der Waals surface area contributed by atoms with E-state index in [0.717, 1.165) is 28.4 Å². The van der Waals surface area contributed by atoms with Gasteiger partial charge in [0, 0.05) is 10.0 Å². The molecule has 0 spiro atoms. The molecule has 16 heavy (non-hydrogen) atoms. The third-order valence-electron chi connectivity index (χ3n) is 3.05. The zero-order valence-electron chi connectivity index (χ0n) is 9.63. The number of rotatable bonds is 3. The van der Waals surface area contributed by atoms with Gasteiger partial charge in [-0.05, 0) is 31.4 Å². The second-order valence-electron chi connectivity index (χ2n) is 4.13. The predicted molar refractivity (Wildman–Crippen MR) is 65.1 cm³/mol. The lowest BCUT2D eigenvalue weighted by atomic mass is 9.99. The number of benzene rings is 1. The maximum absolute atomic E-state index is 10.3. The standard InChI is InChI=1S/C12H15BrO3/c1-7-8(13)6-9(15-2)11(16-3)10(7)12(14)4-5-12/h6,14H,4-5H2,1-3H3. The Balaban J connectivity index is 2.67. The number of methoxy groups -OCH3 is 2. The van der Waals surface area contributed by atoms with Crippen molar-refractivity contribution in [3.05, 3.63) is 21.7 Å². The van der Waals surface area contributed by atoms with E-state index in [9.17, 15) is 5.11 Å². The molecule has 0 atom stereocenters. The molecule has 3 nitrogen and oxygen atoms in total. The number of hydrogen-bond acceptors (Lipinski definition) is 3. The number of halogens is 1. The van der Waals surface area contributed by atoms with Crippen LogP contribution in [0.15, 0.2) is 10.5 Å². The Hall–Kier alpha value is -0.740. The van der Waals surface area contributed by atoms with Crippen molar-refractivity contribution in [2.24, 2.45) is 0 Å². The van der Waals surface area contributed by atoms with Gasteiger partial charge in [-0.15, -0.1) is 0 Å². The maximum Gasteiger partial charge on any atom is 0.167 e. The van der Waals surface area contributed by atoms with Crippen LogP contribution in [0.3, 0.4) is 0 Å². The summed E-state index contributed by atoms with van der Waals surface area (Å²) in [4.78, 5) is 0. The van der Waals surface area contributed by atoms with Gasteiger partial charge in [0.2, 0.25) is 0 Å². The van der Waals surface area contributed by atoms with E-state index in [2.05, 4.69) is 15.9 Å². The second kappa shape index (κ2) is 3.93. The van der Waals surface area contributed by atoms with Crippen LogP contribution in [0.4, 0.5) is 0 Å². The van der Waals surface area contributed by atoms with Crippen LogP contribution in [0.2, 0.25) is 0 Å². The molecule has 4 heteroatoms. The predicted octanol–water partition coefficient (Wildman–Crippen LogP) is 2.76. The largest absolute Gasteiger partial charge is 0.493 e. The molecular weight excluding hydrogens is 272 g/mol. The summed E-state index contributed by atoms with van der Waals surface area (Å²) in [6, 6.07) is 1.86. The highest BCUT2D eigenvalue weighted by atomic mass is 79.9. The average Bonchev–Trinajstić information content (AvgIpc) is 3.00. The van der Waals surface area contributed by atoms with Crippen molar-refractivity contribution in [3.63, 3.8) is 0 Å². The van der Waals surface area contributed by atoms with Crippen molar-refractivity contribution < 1.29 is 14.6 Å². The molecule has 0 heterocycles. The van der Waals surface area contributed by atoms with Crippen LogP contribution in [-0.4, -0.2) is 19.3 Å². The summed E-state index contributed by atoms with van der Waals surface area (Å²) in [7, 11) is 3.20. The van der Waals surface area contributed by atoms with E-state index in [1.807, 2.05) is 13.0 Å². The van der Waals surface area contributed by atoms with Gasteiger partial charge in [-0.1, -0.05) is 15.9 Å². The van der Waals surface area contributed by atoms with E-state index < -0.39 is 5.60 Å². The molecule has 0 amide bonds. The fourth-order valence-corrected chi connectivity index (χ4v) is 2.39. The van der Waals surface area contributed by atoms with Gasteiger partial charge in [0.05, 0.1) is 19.8 Å². The van der Waals surface area contributed by atoms with Crippen molar-refractivity contribution >= 4 is 15.9 Å². The second-order valence-corrected chi connectivity index (χ2v) is 4.98. The summed E-state index contributed by atoms with van der Waals surface area (Å²) < 4.78 is 11.6. The molecule has 88 valence electrons. The van der Waals surface area contributed by atoms with Crippen LogP contribution >= 0.6 is 15.9 Å². The molecule has 2 rings (SSSR count). The van der Waals surface area contributed by atoms with Crippen LogP contribution in [0.25, 0.3) is 0 Å². The van der Waals surface area contributed by atoms with E-state index in [1.165, 1.54) is 0 Å². The first-order chi connectivity index (χ1) is 7.53. The normalized spacial score (nSPS) is 17.1. The quantitative estimate of drug-likeness (QED) is 0.929. The average molecular weight is 287 g/mol. The van der Waals surface area contributed by atoms with Gasteiger partial charge in [0.1, 0.15) is 0 Å². The van der Waals surface area contributed by atoms with Gasteiger partial charge in [-0.25, -0.2) is 0 Å². The molecule has 1 N–H and O–H groups in total. The molecule has 1 saturated carbocycles. The van der Waals surface area contributed by atoms with E-state index in [-0.39, 0.29) is 0 Å². The van der Waals surface area contributed by atoms with Gasteiger partial charge in [-0.2, -0.15) is 0 Å². The molecule has 1 fully saturated rings. The topological polar surface area (TPSA) is 38.7 Å². The molecule has 1 aromatic carbocycles. The Morgan fingerprint density at radius 1 is 1.31 bits per heavy atom. The molecule has 0 aliphatic heterocycles. The molecule has 1 aliphatic rings. The Morgan fingerprint density at radius 3 is 2.38 bits per heavy atom. The third kappa shape index (κ3) is 1.70. The van der Waals surface area contributed by atoms with Crippen LogP contribution < -0.4 is 9.47 Å². The third-order valence-corrected chi connectivity index (χ3v) is 3.88. The minimum atomic E-state index is -0.730. The molecule has 0 radical (unpaired) electrons. The highest BCUT2D eigenvalue weighted by molar-refractivity contribution is 9.10. The monoisotopic (exact) mass is 286 g/mol. The first-order valence-electron chi connectivity index (χ1n) is 5.17. The van der Waals surface area contributed by atoms with Crippen LogP contribution in [0, 0.1) is 6.92 Å². The zero-order chi connectivity index (χ0) is 11.9. The van der Waals surface area contributed by atoms with Gasteiger partial charge in [-0.3, -0.25) is 0 Å². The molecule has 0 saturated heterocycles. The highest BCUT2D eigenvalue weighted by Gasteiger charge is 2.46. The Kier molecular flexibility index (Phi) is 2.88. The smallest absolute Gasteiger partial charge is 0.167 e. The summed E-state index contributed by atoms with van der Waals surface area (Å²) in [5.74, 6) is 1.29. The minimum Gasteiger partial charge on any atom is -0.493 e. The lowest BCUT2D eigenvalue weighted by molar-refractivity contribution is 0.145. The summed E-state index contributed by atoms with van der Waals surface area (Å²) in [6.45, 7) is 1.97. The molecular formula is C12H15BrO3. The summed E-state index contributed by atoms with van der Waals surface area (Å²) in [5, 5.41) is 10.3. The van der Waals surface area contributed by atoms with Gasteiger partial charge >= 0.3 is 0 Å². The van der Waals surface area contributed by atoms with Crippen molar-refractivity contribution in [1.82, 2.24) is 0 Å². The lowest BCUT2D eigenvalue weighted by Gasteiger charge is -2.20. The molecule has 1 aliphatic carbocycles. The van der Waals surface area contributed by atoms with E-state index in [0.29, 0.717) is 11.5 Å². The number of ether oxygens (including phenoxy) is 2. The number of aliphatic hydroxyl groups is 1. The fourth-order valence-electron chi connectivity index (χ4n) is 1.98. The van der Waals surface area contributed by atoms with Crippen molar-refractivity contribution in [3.8, 4) is 11.5 Å². The maximum atomic E-state index is 10.3. The van der Waals surface area contributed by atoms with Gasteiger partial charge in [0.25, 0.3) is 0 Å². The van der Waals surface area contributed by atoms with Crippen molar-refractivity contribution in [1.29, 1.82) is 0 Å². The van der Waals surface area contributed by atoms with Crippen LogP contribution in [-0.2, 0) is 5.60 Å². The first kappa shape index (κ1) is 11.7. The molecule has 0 bridgehead atoms. The molecule has 0 unspecified atom stereocenters. The van der Waals surface area contributed by atoms with Gasteiger partial charge in [0.15, 0.2) is 11.5 Å². The van der Waals surface area contributed by atoms with Crippen molar-refractivity contribution in [2.45, 2.75) is 25.4 Å². The molecule has 1 aromatic rings. The Morgan fingerprint density at radius 2 is 1.94 bits per heavy atom. The van der Waals surface area contributed by atoms with Crippen LogP contribution in [0.1, 0.15) is 24.0 Å². The molecule has 0 aromatic heterocycles. The first-order valence-corrected chi connectivity index (χ1v) is 5.96. The fraction of sp³-hybridized carbons (Fsp3) is 0.500. The Labute approximate surface area is 104 Å². The SMILES string of the molecule is COc1cc(Br)c(C)c(C2(O)CC2)c1OC. The van der Waals surface area contributed by atoms with Crippen molar-refractivity contribution in [2.75, 3.05) is 14.2 Å². The Bertz CT molecular complexity index is 425. The number of hydrogen-bond donors (Lipinski definition) is 1. The lowest BCUT2D eigenvalue weighted by Crippen LogP contribution is -2.10. The summed E-state index contributed by atoms with van der Waals surface area (Å²) in [5.41, 5.74) is 1.13. The van der Waals surface area contributed by atoms with E-state index in [1.54, 1.807) is 14.2 Å². The van der Waals surface area contributed by atoms with E-state index in [4.69, 9.17) is 9.47 Å². The van der Waals surface area contributed by atoms with Crippen LogP contribution in [0.5, 0.6) is 11.5 Å². The summed E-state index contributed by atoms with van der Waals surface area (Å²) >= 11 is 3.47. The minimum absolute atomic E-state index is 0.642. The zero-order valence-corrected chi connectivity index (χ0v) is 11.2. The highest BCUT2D eigenvalue weighted by Crippen LogP contribution is 2.53.